The Morgan fingerprint density at radius 2 is 1.56 bits per heavy atom. The molecule has 0 fully saturated rings. The molecule has 1 aromatic carbocycles. The molecule has 0 amide bonds. The molecule has 0 heterocycles. The zero-order valence-corrected chi connectivity index (χ0v) is 15.4. The third-order valence-corrected chi connectivity index (χ3v) is 4.12. The van der Waals surface area contributed by atoms with Gasteiger partial charge in [-0.15, -0.1) is 0 Å². The number of carbonyl (C=O) groups is 1. The Morgan fingerprint density at radius 1 is 0.920 bits per heavy atom. The van der Waals surface area contributed by atoms with Gasteiger partial charge >= 0.3 is 5.97 Å². The molecule has 0 unspecified atom stereocenters. The first-order valence-corrected chi connectivity index (χ1v) is 9.56. The number of rotatable bonds is 11. The summed E-state index contributed by atoms with van der Waals surface area (Å²) in [5.41, 5.74) is 0.943. The molecule has 1 N–H and O–H groups in total. The molecule has 0 bridgehead atoms. The number of unbranched alkanes of at least 4 members (excludes halogenated alkanes) is 10. The normalized spacial score (nSPS) is 9.64. The van der Waals surface area contributed by atoms with Gasteiger partial charge in [0.15, 0.2) is 0 Å². The first kappa shape index (κ1) is 20.9. The molecule has 0 aliphatic rings. The zero-order chi connectivity index (χ0) is 18.2. The first-order valence-electron chi connectivity index (χ1n) is 9.56. The van der Waals surface area contributed by atoms with Crippen LogP contribution in [0.25, 0.3) is 0 Å². The van der Waals surface area contributed by atoms with E-state index in [4.69, 9.17) is 5.11 Å². The summed E-state index contributed by atoms with van der Waals surface area (Å²) in [7, 11) is 0. The van der Waals surface area contributed by atoms with Gasteiger partial charge < -0.3 is 5.11 Å². The van der Waals surface area contributed by atoms with Crippen molar-refractivity contribution < 1.29 is 9.90 Å². The van der Waals surface area contributed by atoms with Gasteiger partial charge in [-0.25, -0.2) is 4.79 Å². The lowest BCUT2D eigenvalue weighted by atomic mass is 10.1. The third kappa shape index (κ3) is 11.1. The molecule has 0 radical (unpaired) electrons. The van der Waals surface area contributed by atoms with Gasteiger partial charge in [0.1, 0.15) is 0 Å². The second-order valence-electron chi connectivity index (χ2n) is 6.37. The van der Waals surface area contributed by atoms with Crippen LogP contribution in [-0.2, 0) is 0 Å². The summed E-state index contributed by atoms with van der Waals surface area (Å²) in [5, 5.41) is 8.93. The molecule has 0 aliphatic heterocycles. The van der Waals surface area contributed by atoms with Crippen LogP contribution in [0, 0.1) is 23.7 Å². The lowest BCUT2D eigenvalue weighted by Gasteiger charge is -2.00. The van der Waals surface area contributed by atoms with Crippen molar-refractivity contribution in [2.75, 3.05) is 0 Å². The van der Waals surface area contributed by atoms with E-state index in [2.05, 4.69) is 30.6 Å². The Kier molecular flexibility index (Phi) is 11.8. The standard InChI is InChI=1S/C23H30O2/c1-2-3-4-5-6-7-8-9-10-11-12-13-14-15-17-21-18-16-19-22(20-21)23(24)25/h16,18-20H,2-12H2,1H3,(H,24,25). The monoisotopic (exact) mass is 338 g/mol. The summed E-state index contributed by atoms with van der Waals surface area (Å²) in [5.74, 6) is 10.7. The smallest absolute Gasteiger partial charge is 0.335 e. The number of benzene rings is 1. The van der Waals surface area contributed by atoms with Crippen LogP contribution in [0.4, 0.5) is 0 Å². The van der Waals surface area contributed by atoms with Crippen LogP contribution in [-0.4, -0.2) is 11.1 Å². The molecule has 0 aromatic heterocycles. The molecular formula is C23H30O2. The molecule has 134 valence electrons. The molecule has 0 atom stereocenters. The van der Waals surface area contributed by atoms with Crippen molar-refractivity contribution in [1.82, 2.24) is 0 Å². The minimum absolute atomic E-state index is 0.255. The Labute approximate surface area is 153 Å². The average molecular weight is 338 g/mol. The van der Waals surface area contributed by atoms with Crippen molar-refractivity contribution in [2.45, 2.75) is 77.6 Å². The summed E-state index contributed by atoms with van der Waals surface area (Å²) in [6, 6.07) is 6.62. The summed E-state index contributed by atoms with van der Waals surface area (Å²) < 4.78 is 0. The van der Waals surface area contributed by atoms with E-state index < -0.39 is 5.97 Å². The Balaban J connectivity index is 2.09. The number of carboxylic acid groups (broad SMARTS) is 1. The highest BCUT2D eigenvalue weighted by molar-refractivity contribution is 5.88. The van der Waals surface area contributed by atoms with Gasteiger partial charge in [-0.3, -0.25) is 0 Å². The molecule has 0 saturated carbocycles. The highest BCUT2D eigenvalue weighted by Crippen LogP contribution is 2.11. The number of aromatic carboxylic acids is 1. The summed E-state index contributed by atoms with van der Waals surface area (Å²) in [4.78, 5) is 10.9. The van der Waals surface area contributed by atoms with E-state index in [1.54, 1.807) is 24.3 Å². The van der Waals surface area contributed by atoms with Crippen molar-refractivity contribution in [3.8, 4) is 23.7 Å². The van der Waals surface area contributed by atoms with Crippen molar-refractivity contribution >= 4 is 5.97 Å². The molecule has 2 heteroatoms. The Morgan fingerprint density at radius 3 is 2.20 bits per heavy atom. The Bertz CT molecular complexity index is 623. The predicted molar refractivity (Wildman–Crippen MR) is 105 cm³/mol. The topological polar surface area (TPSA) is 37.3 Å². The van der Waals surface area contributed by atoms with Crippen LogP contribution >= 0.6 is 0 Å². The zero-order valence-electron chi connectivity index (χ0n) is 15.4. The molecule has 0 saturated heterocycles. The van der Waals surface area contributed by atoms with Crippen molar-refractivity contribution in [3.63, 3.8) is 0 Å². The van der Waals surface area contributed by atoms with E-state index in [9.17, 15) is 4.79 Å². The van der Waals surface area contributed by atoms with E-state index in [0.717, 1.165) is 12.8 Å². The van der Waals surface area contributed by atoms with E-state index in [-0.39, 0.29) is 5.56 Å². The highest BCUT2D eigenvalue weighted by Gasteiger charge is 2.00. The van der Waals surface area contributed by atoms with E-state index >= 15 is 0 Å². The maximum Gasteiger partial charge on any atom is 0.335 e. The van der Waals surface area contributed by atoms with Gasteiger partial charge in [0.25, 0.3) is 0 Å². The quantitative estimate of drug-likeness (QED) is 0.394. The fourth-order valence-corrected chi connectivity index (χ4v) is 2.64. The minimum Gasteiger partial charge on any atom is -0.478 e. The summed E-state index contributed by atoms with van der Waals surface area (Å²) in [6.07, 6.45) is 14.2. The summed E-state index contributed by atoms with van der Waals surface area (Å²) in [6.45, 7) is 2.26. The van der Waals surface area contributed by atoms with E-state index in [1.807, 2.05) is 0 Å². The second kappa shape index (κ2) is 14.2. The first-order chi connectivity index (χ1) is 12.2. The van der Waals surface area contributed by atoms with Crippen LogP contribution < -0.4 is 0 Å². The largest absolute Gasteiger partial charge is 0.478 e. The second-order valence-corrected chi connectivity index (χ2v) is 6.37. The molecule has 25 heavy (non-hydrogen) atoms. The minimum atomic E-state index is -0.935. The van der Waals surface area contributed by atoms with Gasteiger partial charge in [0.05, 0.1) is 5.56 Å². The fourth-order valence-electron chi connectivity index (χ4n) is 2.64. The predicted octanol–water partition coefficient (Wildman–Crippen LogP) is 6.05. The molecule has 0 aliphatic carbocycles. The van der Waals surface area contributed by atoms with Gasteiger partial charge in [-0.2, -0.15) is 0 Å². The van der Waals surface area contributed by atoms with Gasteiger partial charge in [0.2, 0.25) is 0 Å². The molecular weight excluding hydrogens is 308 g/mol. The summed E-state index contributed by atoms with van der Waals surface area (Å²) >= 11 is 0. The number of hydrogen-bond donors (Lipinski definition) is 1. The van der Waals surface area contributed by atoms with Gasteiger partial charge in [0, 0.05) is 12.0 Å². The van der Waals surface area contributed by atoms with Crippen LogP contribution in [0.5, 0.6) is 0 Å². The maximum absolute atomic E-state index is 10.9. The SMILES string of the molecule is CCCCCCCCCCCCC#CC#Cc1cccc(C(=O)O)c1. The third-order valence-electron chi connectivity index (χ3n) is 4.12. The van der Waals surface area contributed by atoms with E-state index in [0.29, 0.717) is 5.56 Å². The Hall–Kier alpha value is -2.19. The molecule has 0 spiro atoms. The van der Waals surface area contributed by atoms with Crippen molar-refractivity contribution in [2.24, 2.45) is 0 Å². The number of carboxylic acids is 1. The van der Waals surface area contributed by atoms with Crippen molar-refractivity contribution in [3.05, 3.63) is 35.4 Å². The van der Waals surface area contributed by atoms with Crippen LogP contribution in [0.3, 0.4) is 0 Å². The lowest BCUT2D eigenvalue weighted by molar-refractivity contribution is 0.0697. The van der Waals surface area contributed by atoms with Crippen LogP contribution in [0.15, 0.2) is 24.3 Å². The number of hydrogen-bond acceptors (Lipinski definition) is 1. The molecule has 1 rings (SSSR count). The maximum atomic E-state index is 10.9. The lowest BCUT2D eigenvalue weighted by Crippen LogP contribution is -1.95. The highest BCUT2D eigenvalue weighted by atomic mass is 16.4. The van der Waals surface area contributed by atoms with Crippen LogP contribution in [0.2, 0.25) is 0 Å². The molecule has 2 nitrogen and oxygen atoms in total. The average Bonchev–Trinajstić information content (AvgIpc) is 2.62. The van der Waals surface area contributed by atoms with Gasteiger partial charge in [-0.1, -0.05) is 82.6 Å². The fraction of sp³-hybridized carbons (Fsp3) is 0.522. The van der Waals surface area contributed by atoms with E-state index in [1.165, 1.54) is 57.8 Å². The van der Waals surface area contributed by atoms with Gasteiger partial charge in [-0.05, 0) is 36.5 Å². The van der Waals surface area contributed by atoms with Crippen LogP contribution in [0.1, 0.15) is 93.5 Å². The molecule has 1 aromatic rings. The van der Waals surface area contributed by atoms with Crippen molar-refractivity contribution in [1.29, 1.82) is 0 Å².